The number of amides is 1. The molecule has 0 saturated heterocycles. The van der Waals surface area contributed by atoms with Crippen LogP contribution in [0.25, 0.3) is 0 Å². The molecule has 2 unspecified atom stereocenters. The van der Waals surface area contributed by atoms with Crippen molar-refractivity contribution in [3.8, 4) is 0 Å². The molecule has 0 radical (unpaired) electrons. The summed E-state index contributed by atoms with van der Waals surface area (Å²) in [5.41, 5.74) is 0. The van der Waals surface area contributed by atoms with E-state index < -0.39 is 0 Å². The Bertz CT molecular complexity index is 388. The average molecular weight is 454 g/mol. The molecule has 134 valence electrons. The van der Waals surface area contributed by atoms with Gasteiger partial charge in [-0.25, -0.2) is 0 Å². The van der Waals surface area contributed by atoms with E-state index in [4.69, 9.17) is 0 Å². The highest BCUT2D eigenvalue weighted by Crippen LogP contribution is 2.27. The highest BCUT2D eigenvalue weighted by molar-refractivity contribution is 14.0. The van der Waals surface area contributed by atoms with Gasteiger partial charge in [0, 0.05) is 24.4 Å². The largest absolute Gasteiger partial charge is 0.354 e. The average Bonchev–Trinajstić information content (AvgIpc) is 3.00. The zero-order chi connectivity index (χ0) is 15.8. The minimum absolute atomic E-state index is 0. The van der Waals surface area contributed by atoms with Crippen LogP contribution in [0.5, 0.6) is 0 Å². The number of nitrogens with one attached hydrogen (secondary N) is 3. The summed E-state index contributed by atoms with van der Waals surface area (Å²) in [4.78, 5) is 16.2. The SMILES string of the molecule is CN=C(NCC(=O)NC1CCCCC1)NC1CCC(SC)C1.I. The number of nitrogens with zero attached hydrogens (tertiary/aromatic N) is 1. The Labute approximate surface area is 161 Å². The summed E-state index contributed by atoms with van der Waals surface area (Å²) in [7, 11) is 1.76. The molecule has 5 nitrogen and oxygen atoms in total. The normalized spacial score (nSPS) is 25.6. The van der Waals surface area contributed by atoms with Crippen LogP contribution in [0.3, 0.4) is 0 Å². The Morgan fingerprint density at radius 3 is 2.43 bits per heavy atom. The first-order valence-corrected chi connectivity index (χ1v) is 9.79. The fraction of sp³-hybridized carbons (Fsp3) is 0.875. The Morgan fingerprint density at radius 1 is 1.09 bits per heavy atom. The molecule has 2 saturated carbocycles. The number of hydrogen-bond donors (Lipinski definition) is 3. The van der Waals surface area contributed by atoms with E-state index in [0.29, 0.717) is 18.6 Å². The van der Waals surface area contributed by atoms with E-state index in [1.807, 2.05) is 11.8 Å². The van der Waals surface area contributed by atoms with Crippen LogP contribution in [0.15, 0.2) is 4.99 Å². The molecule has 0 aromatic heterocycles. The van der Waals surface area contributed by atoms with Gasteiger partial charge in [-0.15, -0.1) is 24.0 Å². The standard InChI is InChI=1S/C16H30N4OS.HI/c1-17-16(20-13-8-9-14(10-13)22-2)18-11-15(21)19-12-6-4-3-5-7-12;/h12-14H,3-11H2,1-2H3,(H,19,21)(H2,17,18,20);1H. The molecule has 0 aromatic carbocycles. The smallest absolute Gasteiger partial charge is 0.239 e. The maximum absolute atomic E-state index is 12.0. The molecule has 0 spiro atoms. The Hall–Kier alpha value is -0.180. The lowest BCUT2D eigenvalue weighted by atomic mass is 9.95. The fourth-order valence-corrected chi connectivity index (χ4v) is 4.16. The number of guanidine groups is 1. The number of aliphatic imine (C=N–C) groups is 1. The van der Waals surface area contributed by atoms with Crippen molar-refractivity contribution in [2.24, 2.45) is 4.99 Å². The molecule has 2 fully saturated rings. The van der Waals surface area contributed by atoms with Crippen LogP contribution in [0.2, 0.25) is 0 Å². The van der Waals surface area contributed by atoms with Gasteiger partial charge in [0.1, 0.15) is 0 Å². The fourth-order valence-electron chi connectivity index (χ4n) is 3.36. The van der Waals surface area contributed by atoms with E-state index in [-0.39, 0.29) is 29.9 Å². The molecule has 0 aromatic rings. The van der Waals surface area contributed by atoms with Crippen LogP contribution in [0.1, 0.15) is 51.4 Å². The molecular formula is C16H31IN4OS. The summed E-state index contributed by atoms with van der Waals surface area (Å²) in [6, 6.07) is 0.847. The second-order valence-corrected chi connectivity index (χ2v) is 7.48. The van der Waals surface area contributed by atoms with E-state index in [0.717, 1.165) is 24.1 Å². The summed E-state index contributed by atoms with van der Waals surface area (Å²) in [6.07, 6.45) is 11.8. The quantitative estimate of drug-likeness (QED) is 0.339. The zero-order valence-electron chi connectivity index (χ0n) is 14.3. The molecule has 2 atom stereocenters. The van der Waals surface area contributed by atoms with E-state index in [1.165, 1.54) is 38.5 Å². The molecule has 0 aliphatic heterocycles. The summed E-state index contributed by atoms with van der Waals surface area (Å²) < 4.78 is 0. The van der Waals surface area contributed by atoms with Gasteiger partial charge in [0.25, 0.3) is 0 Å². The molecule has 7 heteroatoms. The summed E-state index contributed by atoms with van der Waals surface area (Å²) >= 11 is 1.94. The Kier molecular flexibility index (Phi) is 10.3. The molecule has 1 amide bonds. The molecule has 2 rings (SSSR count). The maximum Gasteiger partial charge on any atom is 0.239 e. The van der Waals surface area contributed by atoms with Crippen molar-refractivity contribution in [3.63, 3.8) is 0 Å². The minimum atomic E-state index is 0. The first kappa shape index (κ1) is 20.9. The number of halogens is 1. The lowest BCUT2D eigenvalue weighted by molar-refractivity contribution is -0.120. The van der Waals surface area contributed by atoms with E-state index in [1.54, 1.807) is 7.05 Å². The third-order valence-electron chi connectivity index (χ3n) is 4.67. The van der Waals surface area contributed by atoms with E-state index in [9.17, 15) is 4.79 Å². The first-order chi connectivity index (χ1) is 10.7. The highest BCUT2D eigenvalue weighted by Gasteiger charge is 2.24. The summed E-state index contributed by atoms with van der Waals surface area (Å²) in [5, 5.41) is 10.4. The van der Waals surface area contributed by atoms with E-state index >= 15 is 0 Å². The molecule has 23 heavy (non-hydrogen) atoms. The van der Waals surface area contributed by atoms with Gasteiger partial charge in [-0.2, -0.15) is 11.8 Å². The number of hydrogen-bond acceptors (Lipinski definition) is 3. The third-order valence-corrected chi connectivity index (χ3v) is 5.76. The van der Waals surface area contributed by atoms with Crippen LogP contribution in [0.4, 0.5) is 0 Å². The van der Waals surface area contributed by atoms with Crippen LogP contribution >= 0.6 is 35.7 Å². The number of carbonyl (C=O) groups is 1. The van der Waals surface area contributed by atoms with Crippen LogP contribution in [0, 0.1) is 0 Å². The summed E-state index contributed by atoms with van der Waals surface area (Å²) in [6.45, 7) is 0.300. The van der Waals surface area contributed by atoms with Crippen molar-refractivity contribution in [3.05, 3.63) is 0 Å². The number of rotatable bonds is 5. The number of carbonyl (C=O) groups excluding carboxylic acids is 1. The van der Waals surface area contributed by atoms with Gasteiger partial charge < -0.3 is 16.0 Å². The summed E-state index contributed by atoms with van der Waals surface area (Å²) in [5.74, 6) is 0.814. The van der Waals surface area contributed by atoms with Crippen molar-refractivity contribution in [2.75, 3.05) is 19.8 Å². The molecule has 3 N–H and O–H groups in total. The van der Waals surface area contributed by atoms with Gasteiger partial charge in [-0.3, -0.25) is 9.79 Å². The van der Waals surface area contributed by atoms with Crippen molar-refractivity contribution < 1.29 is 4.79 Å². The van der Waals surface area contributed by atoms with Gasteiger partial charge >= 0.3 is 0 Å². The van der Waals surface area contributed by atoms with E-state index in [2.05, 4.69) is 27.2 Å². The van der Waals surface area contributed by atoms with Gasteiger partial charge in [0.2, 0.25) is 5.91 Å². The maximum atomic E-state index is 12.0. The number of thioether (sulfide) groups is 1. The first-order valence-electron chi connectivity index (χ1n) is 8.50. The van der Waals surface area contributed by atoms with Gasteiger partial charge in [-0.1, -0.05) is 19.3 Å². The predicted octanol–water partition coefficient (Wildman–Crippen LogP) is 2.50. The lowest BCUT2D eigenvalue weighted by Gasteiger charge is -2.23. The van der Waals surface area contributed by atoms with Crippen molar-refractivity contribution >= 4 is 47.6 Å². The lowest BCUT2D eigenvalue weighted by Crippen LogP contribution is -2.48. The zero-order valence-corrected chi connectivity index (χ0v) is 17.4. The van der Waals surface area contributed by atoms with Crippen molar-refractivity contribution in [2.45, 2.75) is 68.7 Å². The third kappa shape index (κ3) is 7.49. The van der Waals surface area contributed by atoms with Crippen LogP contribution in [-0.4, -0.2) is 49.0 Å². The molecule has 2 aliphatic carbocycles. The molecular weight excluding hydrogens is 423 g/mol. The topological polar surface area (TPSA) is 65.5 Å². The predicted molar refractivity (Wildman–Crippen MR) is 110 cm³/mol. The van der Waals surface area contributed by atoms with Crippen molar-refractivity contribution in [1.82, 2.24) is 16.0 Å². The Balaban J connectivity index is 0.00000264. The molecule has 0 bridgehead atoms. The van der Waals surface area contributed by atoms with Crippen LogP contribution in [-0.2, 0) is 4.79 Å². The second-order valence-electron chi connectivity index (χ2n) is 6.34. The second kappa shape index (κ2) is 11.4. The Morgan fingerprint density at radius 2 is 1.83 bits per heavy atom. The van der Waals surface area contributed by atoms with Crippen molar-refractivity contribution in [1.29, 1.82) is 0 Å². The van der Waals surface area contributed by atoms with Crippen LogP contribution < -0.4 is 16.0 Å². The minimum Gasteiger partial charge on any atom is -0.354 e. The molecule has 2 aliphatic rings. The van der Waals surface area contributed by atoms with Gasteiger partial charge in [0.05, 0.1) is 6.54 Å². The van der Waals surface area contributed by atoms with Gasteiger partial charge in [0.15, 0.2) is 5.96 Å². The monoisotopic (exact) mass is 454 g/mol. The highest BCUT2D eigenvalue weighted by atomic mass is 127. The van der Waals surface area contributed by atoms with Gasteiger partial charge in [-0.05, 0) is 38.4 Å². The molecule has 0 heterocycles.